The van der Waals surface area contributed by atoms with Crippen LogP contribution in [0, 0.1) is 0 Å². The van der Waals surface area contributed by atoms with Gasteiger partial charge in [0.05, 0.1) is 6.61 Å². The first-order chi connectivity index (χ1) is 8.33. The van der Waals surface area contributed by atoms with E-state index in [2.05, 4.69) is 0 Å². The lowest BCUT2D eigenvalue weighted by atomic mass is 10.1. The van der Waals surface area contributed by atoms with E-state index in [1.165, 1.54) is 0 Å². The van der Waals surface area contributed by atoms with Crippen molar-refractivity contribution in [3.05, 3.63) is 0 Å². The van der Waals surface area contributed by atoms with Gasteiger partial charge < -0.3 is 14.6 Å². The lowest BCUT2D eigenvalue weighted by molar-refractivity contribution is -0.178. The Morgan fingerprint density at radius 2 is 2.00 bits per heavy atom. The molecule has 0 amide bonds. The van der Waals surface area contributed by atoms with Gasteiger partial charge in [-0.05, 0) is 25.7 Å². The molecule has 1 saturated heterocycles. The quantitative estimate of drug-likeness (QED) is 0.552. The normalized spacial score (nSPS) is 20.9. The molecule has 1 aliphatic heterocycles. The third-order valence-electron chi connectivity index (χ3n) is 2.94. The fraction of sp³-hybridized carbons (Fsp3) is 0.923. The fourth-order valence-electron chi connectivity index (χ4n) is 1.92. The van der Waals surface area contributed by atoms with Crippen molar-refractivity contribution in [3.8, 4) is 0 Å². The van der Waals surface area contributed by atoms with Gasteiger partial charge in [0, 0.05) is 19.4 Å². The molecule has 0 aliphatic carbocycles. The molecule has 0 bridgehead atoms. The smallest absolute Gasteiger partial charge is 0.308 e. The average molecular weight is 244 g/mol. The van der Waals surface area contributed by atoms with Crippen LogP contribution in [-0.4, -0.2) is 30.6 Å². The lowest BCUT2D eigenvalue weighted by Crippen LogP contribution is -2.20. The molecule has 1 rings (SSSR count). The minimum absolute atomic E-state index is 0.152. The minimum Gasteiger partial charge on any atom is -0.436 e. The number of esters is 1. The Labute approximate surface area is 103 Å². The monoisotopic (exact) mass is 244 g/mol. The highest BCUT2D eigenvalue weighted by Crippen LogP contribution is 2.15. The first kappa shape index (κ1) is 14.5. The molecular weight excluding hydrogens is 220 g/mol. The van der Waals surface area contributed by atoms with E-state index >= 15 is 0 Å². The maximum absolute atomic E-state index is 11.5. The van der Waals surface area contributed by atoms with Crippen molar-refractivity contribution in [3.63, 3.8) is 0 Å². The van der Waals surface area contributed by atoms with E-state index in [1.54, 1.807) is 0 Å². The summed E-state index contributed by atoms with van der Waals surface area (Å²) in [5.41, 5.74) is 0. The van der Waals surface area contributed by atoms with Crippen LogP contribution in [-0.2, 0) is 14.3 Å². The van der Waals surface area contributed by atoms with Crippen molar-refractivity contribution in [1.82, 2.24) is 0 Å². The number of aliphatic hydroxyl groups excluding tert-OH is 1. The number of hydrogen-bond donors (Lipinski definition) is 1. The number of unbranched alkanes of at least 4 members (excludes halogenated alkanes) is 3. The zero-order valence-electron chi connectivity index (χ0n) is 10.5. The van der Waals surface area contributed by atoms with Crippen molar-refractivity contribution in [2.75, 3.05) is 13.2 Å². The highest BCUT2D eigenvalue weighted by Gasteiger charge is 2.16. The van der Waals surface area contributed by atoms with Gasteiger partial charge in [0.2, 0.25) is 6.29 Å². The standard InChI is InChI=1S/C13H24O4/c14-10-6-2-1-4-8-12(15)17-13-9-5-3-7-11-16-13/h13-14H,1-11H2. The average Bonchev–Trinajstić information content (AvgIpc) is 2.57. The van der Waals surface area contributed by atoms with Crippen molar-refractivity contribution in [2.24, 2.45) is 0 Å². The Morgan fingerprint density at radius 1 is 1.18 bits per heavy atom. The molecule has 0 radical (unpaired) electrons. The summed E-state index contributed by atoms with van der Waals surface area (Å²) in [5.74, 6) is -0.152. The SMILES string of the molecule is O=C(CCCCCCO)OC1CCCCCO1. The summed E-state index contributed by atoms with van der Waals surface area (Å²) in [4.78, 5) is 11.5. The Bertz CT molecular complexity index is 198. The van der Waals surface area contributed by atoms with Gasteiger partial charge in [-0.25, -0.2) is 0 Å². The summed E-state index contributed by atoms with van der Waals surface area (Å²) in [6.45, 7) is 0.939. The van der Waals surface area contributed by atoms with E-state index in [4.69, 9.17) is 14.6 Å². The van der Waals surface area contributed by atoms with E-state index in [1.807, 2.05) is 0 Å². The molecule has 4 nitrogen and oxygen atoms in total. The molecule has 1 atom stereocenters. The molecule has 0 aromatic heterocycles. The fourth-order valence-corrected chi connectivity index (χ4v) is 1.92. The number of hydrogen-bond acceptors (Lipinski definition) is 4. The summed E-state index contributed by atoms with van der Waals surface area (Å²) < 4.78 is 10.7. The third kappa shape index (κ3) is 7.34. The molecule has 0 saturated carbocycles. The molecule has 0 aromatic rings. The molecule has 100 valence electrons. The number of rotatable bonds is 7. The van der Waals surface area contributed by atoms with E-state index in [0.29, 0.717) is 13.0 Å². The summed E-state index contributed by atoms with van der Waals surface area (Å²) in [5, 5.41) is 8.61. The van der Waals surface area contributed by atoms with Gasteiger partial charge in [-0.2, -0.15) is 0 Å². The second-order valence-corrected chi connectivity index (χ2v) is 4.53. The van der Waals surface area contributed by atoms with Crippen molar-refractivity contribution in [2.45, 2.75) is 64.1 Å². The maximum Gasteiger partial charge on any atom is 0.308 e. The maximum atomic E-state index is 11.5. The Hall–Kier alpha value is -0.610. The van der Waals surface area contributed by atoms with Crippen LogP contribution in [0.15, 0.2) is 0 Å². The topological polar surface area (TPSA) is 55.8 Å². The summed E-state index contributed by atoms with van der Waals surface area (Å²) >= 11 is 0. The van der Waals surface area contributed by atoms with Crippen molar-refractivity contribution in [1.29, 1.82) is 0 Å². The number of carbonyl (C=O) groups is 1. The van der Waals surface area contributed by atoms with Crippen LogP contribution < -0.4 is 0 Å². The Kier molecular flexibility index (Phi) is 8.01. The van der Waals surface area contributed by atoms with E-state index < -0.39 is 0 Å². The first-order valence-corrected chi connectivity index (χ1v) is 6.75. The van der Waals surface area contributed by atoms with Crippen LogP contribution in [0.4, 0.5) is 0 Å². The van der Waals surface area contributed by atoms with E-state index in [9.17, 15) is 4.79 Å². The molecule has 1 fully saturated rings. The second kappa shape index (κ2) is 9.42. The van der Waals surface area contributed by atoms with Crippen molar-refractivity contribution >= 4 is 5.97 Å². The van der Waals surface area contributed by atoms with Crippen LogP contribution in [0.3, 0.4) is 0 Å². The summed E-state index contributed by atoms with van der Waals surface area (Å²) in [7, 11) is 0. The minimum atomic E-state index is -0.317. The molecule has 0 aromatic carbocycles. The third-order valence-corrected chi connectivity index (χ3v) is 2.94. The lowest BCUT2D eigenvalue weighted by Gasteiger charge is -2.15. The molecular formula is C13H24O4. The summed E-state index contributed by atoms with van der Waals surface area (Å²) in [6.07, 6.45) is 7.89. The first-order valence-electron chi connectivity index (χ1n) is 6.75. The molecule has 1 heterocycles. The molecule has 0 spiro atoms. The Morgan fingerprint density at radius 3 is 2.82 bits per heavy atom. The number of carbonyl (C=O) groups excluding carboxylic acids is 1. The van der Waals surface area contributed by atoms with Gasteiger partial charge in [-0.3, -0.25) is 4.79 Å². The Balaban J connectivity index is 2.03. The molecule has 1 unspecified atom stereocenters. The zero-order valence-corrected chi connectivity index (χ0v) is 10.5. The van der Waals surface area contributed by atoms with Gasteiger partial charge >= 0.3 is 5.97 Å². The highest BCUT2D eigenvalue weighted by atomic mass is 16.7. The zero-order chi connectivity index (χ0) is 12.3. The predicted octanol–water partition coefficient (Wildman–Crippen LogP) is 2.39. The van der Waals surface area contributed by atoms with E-state index in [0.717, 1.165) is 51.4 Å². The number of aliphatic hydroxyl groups is 1. The largest absolute Gasteiger partial charge is 0.436 e. The molecule has 17 heavy (non-hydrogen) atoms. The van der Waals surface area contributed by atoms with Crippen LogP contribution in [0.1, 0.15) is 57.8 Å². The van der Waals surface area contributed by atoms with Gasteiger partial charge in [0.1, 0.15) is 0 Å². The van der Waals surface area contributed by atoms with Crippen LogP contribution in [0.25, 0.3) is 0 Å². The molecule has 4 heteroatoms. The molecule has 1 aliphatic rings. The van der Waals surface area contributed by atoms with Crippen LogP contribution >= 0.6 is 0 Å². The van der Waals surface area contributed by atoms with Crippen molar-refractivity contribution < 1.29 is 19.4 Å². The molecule has 1 N–H and O–H groups in total. The van der Waals surface area contributed by atoms with E-state index in [-0.39, 0.29) is 18.9 Å². The predicted molar refractivity (Wildman–Crippen MR) is 64.5 cm³/mol. The van der Waals surface area contributed by atoms with Gasteiger partial charge in [-0.1, -0.05) is 19.3 Å². The summed E-state index contributed by atoms with van der Waals surface area (Å²) in [6, 6.07) is 0. The van der Waals surface area contributed by atoms with Crippen LogP contribution in [0.5, 0.6) is 0 Å². The van der Waals surface area contributed by atoms with Gasteiger partial charge in [0.25, 0.3) is 0 Å². The second-order valence-electron chi connectivity index (χ2n) is 4.53. The van der Waals surface area contributed by atoms with Gasteiger partial charge in [-0.15, -0.1) is 0 Å². The van der Waals surface area contributed by atoms with Gasteiger partial charge in [0.15, 0.2) is 0 Å². The highest BCUT2D eigenvalue weighted by molar-refractivity contribution is 5.69. The number of ether oxygens (including phenoxy) is 2. The van der Waals surface area contributed by atoms with Crippen LogP contribution in [0.2, 0.25) is 0 Å².